The molecule has 0 radical (unpaired) electrons. The molecule has 3 aromatic heterocycles. The van der Waals surface area contributed by atoms with Gasteiger partial charge in [0.25, 0.3) is 0 Å². The van der Waals surface area contributed by atoms with Crippen LogP contribution in [0.1, 0.15) is 0 Å². The molecule has 18 heavy (non-hydrogen) atoms. The molecule has 0 aliphatic heterocycles. The highest BCUT2D eigenvalue weighted by Gasteiger charge is 2.10. The van der Waals surface area contributed by atoms with E-state index in [1.807, 2.05) is 30.3 Å². The lowest BCUT2D eigenvalue weighted by Crippen LogP contribution is -1.95. The van der Waals surface area contributed by atoms with Crippen molar-refractivity contribution in [3.8, 4) is 0 Å². The Hall–Kier alpha value is -2.62. The molecule has 0 unspecified atom stereocenters. The van der Waals surface area contributed by atoms with Gasteiger partial charge in [0, 0.05) is 22.2 Å². The van der Waals surface area contributed by atoms with Crippen LogP contribution in [0.2, 0.25) is 0 Å². The van der Waals surface area contributed by atoms with Crippen molar-refractivity contribution < 1.29 is 8.83 Å². The first-order chi connectivity index (χ1) is 8.81. The number of rotatable bonds is 0. The van der Waals surface area contributed by atoms with Gasteiger partial charge in [-0.3, -0.25) is 0 Å². The quantitative estimate of drug-likeness (QED) is 0.471. The smallest absolute Gasteiger partial charge is 0.337 e. The molecule has 4 heteroatoms. The molecule has 0 spiro atoms. The van der Waals surface area contributed by atoms with Crippen LogP contribution in [0.5, 0.6) is 0 Å². The van der Waals surface area contributed by atoms with Crippen LogP contribution in [0.3, 0.4) is 0 Å². The number of nitrogens with zero attached hydrogens (tertiary/aromatic N) is 1. The summed E-state index contributed by atoms with van der Waals surface area (Å²) in [7, 11) is 0. The first-order valence-electron chi connectivity index (χ1n) is 5.53. The fraction of sp³-hybridized carbons (Fsp3) is 0. The first kappa shape index (κ1) is 9.41. The van der Waals surface area contributed by atoms with Gasteiger partial charge in [0.05, 0.1) is 0 Å². The predicted octanol–water partition coefficient (Wildman–Crippen LogP) is 3.09. The van der Waals surface area contributed by atoms with Gasteiger partial charge < -0.3 is 8.83 Å². The summed E-state index contributed by atoms with van der Waals surface area (Å²) in [6.45, 7) is 0. The molecule has 0 amide bonds. The van der Waals surface area contributed by atoms with E-state index in [1.54, 1.807) is 6.07 Å². The molecule has 0 aliphatic carbocycles. The highest BCUT2D eigenvalue weighted by molar-refractivity contribution is 6.06. The minimum absolute atomic E-state index is 0.300. The fourth-order valence-electron chi connectivity index (χ4n) is 2.14. The second-order valence-corrected chi connectivity index (χ2v) is 4.09. The Morgan fingerprint density at radius 3 is 2.72 bits per heavy atom. The Labute approximate surface area is 100 Å². The summed E-state index contributed by atoms with van der Waals surface area (Å²) in [6, 6.07) is 12.7. The van der Waals surface area contributed by atoms with E-state index in [0.29, 0.717) is 11.4 Å². The topological polar surface area (TPSA) is 56.2 Å². The third kappa shape index (κ3) is 1.20. The number of fused-ring (bicyclic) bond motifs is 4. The summed E-state index contributed by atoms with van der Waals surface area (Å²) < 4.78 is 10.7. The Balaban J connectivity index is 2.27. The van der Waals surface area contributed by atoms with Crippen LogP contribution in [-0.4, -0.2) is 4.98 Å². The number of para-hydroxylation sites is 1. The number of hydrogen-bond acceptors (Lipinski definition) is 4. The van der Waals surface area contributed by atoms with E-state index in [9.17, 15) is 4.79 Å². The van der Waals surface area contributed by atoms with Crippen LogP contribution in [0.15, 0.2) is 56.1 Å². The van der Waals surface area contributed by atoms with Crippen LogP contribution < -0.4 is 5.63 Å². The summed E-state index contributed by atoms with van der Waals surface area (Å²) in [6.07, 6.45) is 0. The van der Waals surface area contributed by atoms with Gasteiger partial charge in [0.15, 0.2) is 0 Å². The largest absolute Gasteiger partial charge is 0.438 e. The van der Waals surface area contributed by atoms with Gasteiger partial charge in [-0.1, -0.05) is 18.2 Å². The molecule has 0 bridgehead atoms. The van der Waals surface area contributed by atoms with E-state index in [-0.39, 0.29) is 0 Å². The molecule has 3 heterocycles. The summed E-state index contributed by atoms with van der Waals surface area (Å²) >= 11 is 0. The molecule has 0 saturated carbocycles. The van der Waals surface area contributed by atoms with Crippen molar-refractivity contribution in [3.05, 3.63) is 52.9 Å². The highest BCUT2D eigenvalue weighted by atomic mass is 16.4. The molecule has 0 atom stereocenters. The van der Waals surface area contributed by atoms with Crippen LogP contribution >= 0.6 is 0 Å². The Morgan fingerprint density at radius 2 is 1.78 bits per heavy atom. The van der Waals surface area contributed by atoms with Crippen LogP contribution in [0.25, 0.3) is 33.2 Å². The van der Waals surface area contributed by atoms with Gasteiger partial charge in [-0.15, -0.1) is 0 Å². The minimum atomic E-state index is -0.412. The van der Waals surface area contributed by atoms with Crippen molar-refractivity contribution in [1.82, 2.24) is 4.98 Å². The van der Waals surface area contributed by atoms with Crippen molar-refractivity contribution in [2.24, 2.45) is 0 Å². The van der Waals surface area contributed by atoms with Gasteiger partial charge in [0.1, 0.15) is 5.58 Å². The van der Waals surface area contributed by atoms with Crippen molar-refractivity contribution >= 4 is 33.2 Å². The zero-order valence-corrected chi connectivity index (χ0v) is 9.21. The summed E-state index contributed by atoms with van der Waals surface area (Å²) in [5.41, 5.74) is 1.15. The summed E-state index contributed by atoms with van der Waals surface area (Å²) in [5, 5.41) is 2.72. The lowest BCUT2D eigenvalue weighted by molar-refractivity contribution is 0.547. The SMILES string of the molecule is O=c1ccc2cc3c(nc2o1)oc1ccccc13. The highest BCUT2D eigenvalue weighted by Crippen LogP contribution is 2.29. The van der Waals surface area contributed by atoms with E-state index in [1.165, 1.54) is 6.07 Å². The molecular weight excluding hydrogens is 230 g/mol. The predicted molar refractivity (Wildman–Crippen MR) is 67.6 cm³/mol. The van der Waals surface area contributed by atoms with E-state index >= 15 is 0 Å². The zero-order valence-electron chi connectivity index (χ0n) is 9.21. The normalized spacial score (nSPS) is 11.6. The van der Waals surface area contributed by atoms with E-state index < -0.39 is 5.63 Å². The number of pyridine rings is 1. The van der Waals surface area contributed by atoms with E-state index in [2.05, 4.69) is 4.98 Å². The molecule has 0 saturated heterocycles. The maximum atomic E-state index is 11.2. The van der Waals surface area contributed by atoms with Crippen molar-refractivity contribution in [2.75, 3.05) is 0 Å². The van der Waals surface area contributed by atoms with E-state index in [4.69, 9.17) is 8.83 Å². The number of hydrogen-bond donors (Lipinski definition) is 0. The fourth-order valence-corrected chi connectivity index (χ4v) is 2.14. The maximum Gasteiger partial charge on any atom is 0.337 e. The molecule has 1 aromatic carbocycles. The summed E-state index contributed by atoms with van der Waals surface area (Å²) in [4.78, 5) is 15.4. The standard InChI is InChI=1S/C14H7NO3/c16-12-6-5-8-7-10-9-3-1-2-4-11(9)17-14(10)15-13(8)18-12/h1-7H. The number of aromatic nitrogens is 1. The zero-order chi connectivity index (χ0) is 12.1. The van der Waals surface area contributed by atoms with Gasteiger partial charge in [-0.2, -0.15) is 4.98 Å². The Kier molecular flexibility index (Phi) is 1.67. The molecule has 4 rings (SSSR count). The Bertz CT molecular complexity index is 949. The van der Waals surface area contributed by atoms with Crippen molar-refractivity contribution in [1.29, 1.82) is 0 Å². The molecule has 4 nitrogen and oxygen atoms in total. The first-order valence-corrected chi connectivity index (χ1v) is 5.53. The van der Waals surface area contributed by atoms with Gasteiger partial charge >= 0.3 is 5.63 Å². The third-order valence-corrected chi connectivity index (χ3v) is 2.96. The average molecular weight is 237 g/mol. The van der Waals surface area contributed by atoms with Crippen LogP contribution in [0, 0.1) is 0 Å². The van der Waals surface area contributed by atoms with Crippen LogP contribution in [-0.2, 0) is 0 Å². The van der Waals surface area contributed by atoms with Crippen LogP contribution in [0.4, 0.5) is 0 Å². The number of benzene rings is 1. The second kappa shape index (κ2) is 3.20. The van der Waals surface area contributed by atoms with Crippen molar-refractivity contribution in [2.45, 2.75) is 0 Å². The lowest BCUT2D eigenvalue weighted by atomic mass is 10.2. The monoisotopic (exact) mass is 237 g/mol. The Morgan fingerprint density at radius 1 is 0.889 bits per heavy atom. The van der Waals surface area contributed by atoms with Gasteiger partial charge in [0.2, 0.25) is 11.4 Å². The molecule has 0 fully saturated rings. The summed E-state index contributed by atoms with van der Waals surface area (Å²) in [5.74, 6) is 0. The molecule has 0 aliphatic rings. The average Bonchev–Trinajstić information content (AvgIpc) is 2.73. The lowest BCUT2D eigenvalue weighted by Gasteiger charge is -1.94. The molecule has 86 valence electrons. The number of furan rings is 1. The van der Waals surface area contributed by atoms with Crippen molar-refractivity contribution in [3.63, 3.8) is 0 Å². The third-order valence-electron chi connectivity index (χ3n) is 2.96. The van der Waals surface area contributed by atoms with Gasteiger partial charge in [-0.25, -0.2) is 4.79 Å². The van der Waals surface area contributed by atoms with E-state index in [0.717, 1.165) is 21.7 Å². The second-order valence-electron chi connectivity index (χ2n) is 4.09. The molecule has 0 N–H and O–H groups in total. The molecule has 4 aromatic rings. The van der Waals surface area contributed by atoms with Gasteiger partial charge in [-0.05, 0) is 18.2 Å². The maximum absolute atomic E-state index is 11.2. The minimum Gasteiger partial charge on any atom is -0.438 e. The molecular formula is C14H7NO3.